The zero-order valence-corrected chi connectivity index (χ0v) is 13.5. The van der Waals surface area contributed by atoms with Crippen molar-refractivity contribution in [1.29, 1.82) is 0 Å². The molecule has 0 aliphatic heterocycles. The van der Waals surface area contributed by atoms with Gasteiger partial charge in [0.1, 0.15) is 30.1 Å². The Bertz CT molecular complexity index is 727. The van der Waals surface area contributed by atoms with Gasteiger partial charge in [-0.15, -0.1) is 0 Å². The van der Waals surface area contributed by atoms with Crippen LogP contribution in [0.1, 0.15) is 18.4 Å². The lowest BCUT2D eigenvalue weighted by molar-refractivity contribution is -0.124. The van der Waals surface area contributed by atoms with Gasteiger partial charge in [-0.1, -0.05) is 12.1 Å². The minimum atomic E-state index is -0.891. The van der Waals surface area contributed by atoms with E-state index in [4.69, 9.17) is 4.74 Å². The van der Waals surface area contributed by atoms with Gasteiger partial charge in [-0.2, -0.15) is 0 Å². The van der Waals surface area contributed by atoms with Crippen molar-refractivity contribution < 1.29 is 23.4 Å². The Hall–Kier alpha value is -2.47. The summed E-state index contributed by atoms with van der Waals surface area (Å²) in [6.07, 6.45) is 0.511. The van der Waals surface area contributed by atoms with Gasteiger partial charge in [0.15, 0.2) is 0 Å². The summed E-state index contributed by atoms with van der Waals surface area (Å²) in [4.78, 5) is 12.4. The molecule has 0 radical (unpaired) electrons. The number of benzene rings is 2. The van der Waals surface area contributed by atoms with Crippen molar-refractivity contribution in [2.24, 2.45) is 0 Å². The molecule has 1 aliphatic rings. The molecular weight excluding hydrogens is 328 g/mol. The molecule has 2 aromatic carbocycles. The van der Waals surface area contributed by atoms with Gasteiger partial charge in [-0.25, -0.2) is 8.78 Å². The Labute approximate surface area is 144 Å². The van der Waals surface area contributed by atoms with Crippen molar-refractivity contribution in [3.05, 3.63) is 65.7 Å². The van der Waals surface area contributed by atoms with Crippen LogP contribution in [-0.4, -0.2) is 30.3 Å². The molecule has 0 bridgehead atoms. The van der Waals surface area contributed by atoms with Crippen LogP contribution in [0.2, 0.25) is 0 Å². The summed E-state index contributed by atoms with van der Waals surface area (Å²) < 4.78 is 31.2. The van der Waals surface area contributed by atoms with E-state index in [9.17, 15) is 18.7 Å². The van der Waals surface area contributed by atoms with Gasteiger partial charge in [-0.05, 0) is 54.8 Å². The lowest BCUT2D eigenvalue weighted by Gasteiger charge is -2.18. The van der Waals surface area contributed by atoms with E-state index in [1.165, 1.54) is 36.4 Å². The number of rotatable bonds is 7. The monoisotopic (exact) mass is 347 g/mol. The highest BCUT2D eigenvalue weighted by Crippen LogP contribution is 2.48. The highest BCUT2D eigenvalue weighted by atomic mass is 19.1. The second-order valence-electron chi connectivity index (χ2n) is 6.22. The van der Waals surface area contributed by atoms with E-state index in [0.29, 0.717) is 18.6 Å². The molecule has 0 heterocycles. The first kappa shape index (κ1) is 17.4. The first-order valence-electron chi connectivity index (χ1n) is 8.10. The molecule has 1 atom stereocenters. The molecule has 2 N–H and O–H groups in total. The molecule has 0 spiro atoms. The molecular formula is C19H19F2NO3. The molecule has 3 rings (SSSR count). The summed E-state index contributed by atoms with van der Waals surface area (Å²) in [6, 6.07) is 11.4. The maximum atomic E-state index is 13.0. The van der Waals surface area contributed by atoms with E-state index in [2.05, 4.69) is 5.32 Å². The smallest absolute Gasteiger partial charge is 0.230 e. The lowest BCUT2D eigenvalue weighted by Crippen LogP contribution is -2.40. The molecule has 0 aromatic heterocycles. The van der Waals surface area contributed by atoms with Gasteiger partial charge in [-0.3, -0.25) is 4.79 Å². The minimum Gasteiger partial charge on any atom is -0.491 e. The second-order valence-corrected chi connectivity index (χ2v) is 6.22. The van der Waals surface area contributed by atoms with E-state index in [-0.39, 0.29) is 30.7 Å². The fourth-order valence-electron chi connectivity index (χ4n) is 2.70. The number of halogens is 2. The Morgan fingerprint density at radius 2 is 1.64 bits per heavy atom. The van der Waals surface area contributed by atoms with Gasteiger partial charge in [0.2, 0.25) is 5.91 Å². The van der Waals surface area contributed by atoms with Gasteiger partial charge < -0.3 is 15.2 Å². The molecule has 1 aliphatic carbocycles. The normalized spacial score (nSPS) is 16.1. The molecule has 1 fully saturated rings. The second kappa shape index (κ2) is 7.19. The molecule has 25 heavy (non-hydrogen) atoms. The lowest BCUT2D eigenvalue weighted by atomic mass is 9.95. The Balaban J connectivity index is 1.48. The number of ether oxygens (including phenoxy) is 1. The van der Waals surface area contributed by atoms with E-state index >= 15 is 0 Å². The molecule has 1 amide bonds. The number of aliphatic hydroxyl groups is 1. The predicted molar refractivity (Wildman–Crippen MR) is 88.2 cm³/mol. The van der Waals surface area contributed by atoms with Crippen molar-refractivity contribution in [3.63, 3.8) is 0 Å². The van der Waals surface area contributed by atoms with Gasteiger partial charge >= 0.3 is 0 Å². The van der Waals surface area contributed by atoms with Crippen LogP contribution >= 0.6 is 0 Å². The van der Waals surface area contributed by atoms with E-state index < -0.39 is 11.5 Å². The molecule has 6 heteroatoms. The fourth-order valence-corrected chi connectivity index (χ4v) is 2.70. The van der Waals surface area contributed by atoms with Crippen LogP contribution < -0.4 is 10.1 Å². The van der Waals surface area contributed by atoms with Crippen molar-refractivity contribution in [3.8, 4) is 5.75 Å². The largest absolute Gasteiger partial charge is 0.491 e. The number of amides is 1. The van der Waals surface area contributed by atoms with Crippen LogP contribution in [0, 0.1) is 11.6 Å². The average molecular weight is 347 g/mol. The van der Waals surface area contributed by atoms with E-state index in [0.717, 1.165) is 5.56 Å². The van der Waals surface area contributed by atoms with Crippen LogP contribution in [-0.2, 0) is 10.2 Å². The summed E-state index contributed by atoms with van der Waals surface area (Å²) in [5.74, 6) is -0.444. The summed E-state index contributed by atoms with van der Waals surface area (Å²) in [7, 11) is 0. The van der Waals surface area contributed by atoms with Crippen LogP contribution in [0.3, 0.4) is 0 Å². The zero-order valence-electron chi connectivity index (χ0n) is 13.5. The molecule has 132 valence electrons. The summed E-state index contributed by atoms with van der Waals surface area (Å²) >= 11 is 0. The Morgan fingerprint density at radius 3 is 2.20 bits per heavy atom. The van der Waals surface area contributed by atoms with Crippen molar-refractivity contribution >= 4 is 5.91 Å². The fraction of sp³-hybridized carbons (Fsp3) is 0.316. The van der Waals surface area contributed by atoms with Gasteiger partial charge in [0.25, 0.3) is 0 Å². The first-order valence-corrected chi connectivity index (χ1v) is 8.10. The van der Waals surface area contributed by atoms with Crippen LogP contribution in [0.4, 0.5) is 8.78 Å². The van der Waals surface area contributed by atoms with Gasteiger partial charge in [0, 0.05) is 6.54 Å². The third-order valence-corrected chi connectivity index (χ3v) is 4.34. The Morgan fingerprint density at radius 1 is 1.08 bits per heavy atom. The SMILES string of the molecule is O=C(NC[C@@H](O)COc1ccc(F)cc1)C1(c2ccc(F)cc2)CC1. The maximum absolute atomic E-state index is 13.0. The van der Waals surface area contributed by atoms with Crippen LogP contribution in [0.25, 0.3) is 0 Å². The number of carbonyl (C=O) groups excluding carboxylic acids is 1. The topological polar surface area (TPSA) is 58.6 Å². The minimum absolute atomic E-state index is 0.0184. The molecule has 1 saturated carbocycles. The van der Waals surface area contributed by atoms with Crippen molar-refractivity contribution in [1.82, 2.24) is 5.32 Å². The third kappa shape index (κ3) is 4.14. The maximum Gasteiger partial charge on any atom is 0.230 e. The highest BCUT2D eigenvalue weighted by molar-refractivity contribution is 5.91. The number of hydrogen-bond acceptors (Lipinski definition) is 3. The van der Waals surface area contributed by atoms with Crippen molar-refractivity contribution in [2.45, 2.75) is 24.4 Å². The average Bonchev–Trinajstić information content (AvgIpc) is 3.41. The van der Waals surface area contributed by atoms with Gasteiger partial charge in [0.05, 0.1) is 5.41 Å². The van der Waals surface area contributed by atoms with Crippen molar-refractivity contribution in [2.75, 3.05) is 13.2 Å². The molecule has 2 aromatic rings. The predicted octanol–water partition coefficient (Wildman–Crippen LogP) is 2.55. The molecule has 0 unspecified atom stereocenters. The quantitative estimate of drug-likeness (QED) is 0.809. The summed E-state index contributed by atoms with van der Waals surface area (Å²) in [5, 5.41) is 12.7. The third-order valence-electron chi connectivity index (χ3n) is 4.34. The summed E-state index contributed by atoms with van der Waals surface area (Å²) in [6.45, 7) is 0.0262. The van der Waals surface area contributed by atoms with E-state index in [1.54, 1.807) is 12.1 Å². The number of carbonyl (C=O) groups is 1. The summed E-state index contributed by atoms with van der Waals surface area (Å²) in [5.41, 5.74) is 0.161. The van der Waals surface area contributed by atoms with E-state index in [1.807, 2.05) is 0 Å². The first-order chi connectivity index (χ1) is 12.0. The zero-order chi connectivity index (χ0) is 17.9. The van der Waals surface area contributed by atoms with Crippen LogP contribution in [0.5, 0.6) is 5.75 Å². The standard InChI is InChI=1S/C19H19F2NO3/c20-14-3-1-13(2-4-14)19(9-10-19)18(24)22-11-16(23)12-25-17-7-5-15(21)6-8-17/h1-8,16,23H,9-12H2,(H,22,24)/t16-/m1/s1. The molecule has 4 nitrogen and oxygen atoms in total. The molecule has 0 saturated heterocycles. The number of hydrogen-bond donors (Lipinski definition) is 2. The van der Waals surface area contributed by atoms with Crippen LogP contribution in [0.15, 0.2) is 48.5 Å². The number of aliphatic hydroxyl groups excluding tert-OH is 1. The highest BCUT2D eigenvalue weighted by Gasteiger charge is 2.51. The Kier molecular flexibility index (Phi) is 4.99. The number of nitrogens with one attached hydrogen (secondary N) is 1.